The van der Waals surface area contributed by atoms with Crippen molar-refractivity contribution in [3.05, 3.63) is 88.1 Å². The van der Waals surface area contributed by atoms with Crippen molar-refractivity contribution in [2.45, 2.75) is 44.2 Å². The molecule has 1 fully saturated rings. The van der Waals surface area contributed by atoms with Crippen LogP contribution in [0.2, 0.25) is 0 Å². The third-order valence-corrected chi connectivity index (χ3v) is 8.08. The maximum atomic E-state index is 5.38. The summed E-state index contributed by atoms with van der Waals surface area (Å²) in [5, 5.41) is 10.1. The zero-order chi connectivity index (χ0) is 20.0. The number of anilines is 1. The molecule has 0 amide bonds. The molecule has 2 aliphatic heterocycles. The van der Waals surface area contributed by atoms with Gasteiger partial charge in [0.1, 0.15) is 0 Å². The van der Waals surface area contributed by atoms with Crippen LogP contribution in [0.15, 0.2) is 77.2 Å². The summed E-state index contributed by atoms with van der Waals surface area (Å²) in [6.07, 6.45) is 7.65. The van der Waals surface area contributed by atoms with E-state index in [1.54, 1.807) is 4.88 Å². The van der Waals surface area contributed by atoms with E-state index in [2.05, 4.69) is 82.0 Å². The molecule has 1 atom stereocenters. The average Bonchev–Trinajstić information content (AvgIpc) is 3.44. The molecule has 1 aliphatic carbocycles. The van der Waals surface area contributed by atoms with Crippen LogP contribution in [0.25, 0.3) is 0 Å². The number of hydrogen-bond donors (Lipinski definition) is 0. The monoisotopic (exact) mass is 413 g/mol. The Morgan fingerprint density at radius 1 is 0.867 bits per heavy atom. The van der Waals surface area contributed by atoms with Crippen molar-refractivity contribution < 1.29 is 0 Å². The largest absolute Gasteiger partial charge is 0.326 e. The number of nitrogens with zero attached hydrogens (tertiary/aromatic N) is 3. The molecule has 1 aromatic heterocycles. The normalized spacial score (nSPS) is 23.8. The van der Waals surface area contributed by atoms with Crippen molar-refractivity contribution in [2.75, 3.05) is 11.6 Å². The van der Waals surface area contributed by atoms with Gasteiger partial charge in [-0.1, -0.05) is 67.8 Å². The van der Waals surface area contributed by atoms with Crippen LogP contribution < -0.4 is 5.01 Å². The quantitative estimate of drug-likeness (QED) is 0.507. The Balaban J connectivity index is 1.60. The second-order valence-electron chi connectivity index (χ2n) is 8.66. The van der Waals surface area contributed by atoms with Crippen LogP contribution in [-0.4, -0.2) is 17.3 Å². The first kappa shape index (κ1) is 18.2. The van der Waals surface area contributed by atoms with Gasteiger partial charge in [-0.2, -0.15) is 5.10 Å². The topological polar surface area (TPSA) is 18.8 Å². The lowest BCUT2D eigenvalue weighted by atomic mass is 9.73. The minimum Gasteiger partial charge on any atom is -0.326 e. The zero-order valence-electron chi connectivity index (χ0n) is 17.2. The smallest absolute Gasteiger partial charge is 0.165 e. The number of fused-ring (bicyclic) bond motifs is 3. The number of benzene rings is 2. The average molecular weight is 414 g/mol. The van der Waals surface area contributed by atoms with Crippen LogP contribution in [0.4, 0.5) is 5.69 Å². The lowest BCUT2D eigenvalue weighted by Gasteiger charge is -2.53. The van der Waals surface area contributed by atoms with Crippen LogP contribution in [0, 0.1) is 5.92 Å². The fourth-order valence-corrected chi connectivity index (χ4v) is 6.78. The summed E-state index contributed by atoms with van der Waals surface area (Å²) in [6.45, 7) is 1.03. The number of hydrazone groups is 1. The molecule has 0 saturated heterocycles. The molecule has 0 spiro atoms. The third-order valence-electron chi connectivity index (χ3n) is 7.10. The first-order valence-corrected chi connectivity index (χ1v) is 12.1. The predicted octanol–water partition coefficient (Wildman–Crippen LogP) is 6.22. The molecule has 1 saturated carbocycles. The summed E-state index contributed by atoms with van der Waals surface area (Å²) in [5.74, 6) is 1.70. The van der Waals surface area contributed by atoms with Crippen LogP contribution in [-0.2, 0) is 12.1 Å². The second-order valence-corrected chi connectivity index (χ2v) is 9.66. The molecule has 3 nitrogen and oxygen atoms in total. The van der Waals surface area contributed by atoms with Gasteiger partial charge in [0, 0.05) is 28.5 Å². The Morgan fingerprint density at radius 2 is 1.60 bits per heavy atom. The van der Waals surface area contributed by atoms with Gasteiger partial charge in [-0.15, -0.1) is 11.3 Å². The van der Waals surface area contributed by atoms with Crippen LogP contribution in [0.5, 0.6) is 0 Å². The van der Waals surface area contributed by atoms with Crippen molar-refractivity contribution in [1.29, 1.82) is 0 Å². The number of para-hydroxylation sites is 1. The highest BCUT2D eigenvalue weighted by molar-refractivity contribution is 7.10. The lowest BCUT2D eigenvalue weighted by Crippen LogP contribution is -2.60. The fourth-order valence-electron chi connectivity index (χ4n) is 5.85. The molecule has 0 bridgehead atoms. The van der Waals surface area contributed by atoms with Gasteiger partial charge < -0.3 is 4.90 Å². The van der Waals surface area contributed by atoms with Crippen molar-refractivity contribution in [3.63, 3.8) is 0 Å². The standard InChI is InChI=1S/C26H27N3S/c1-4-10-20(11-5-1)25-27-29(22-14-8-3-9-15-22)26(21-12-6-2-7-13-21)23-17-19-30-24(23)16-18-28(25)26/h1,3-5,8-11,14-15,17,19,21H,2,6-7,12-13,16,18H2. The zero-order valence-corrected chi connectivity index (χ0v) is 18.0. The van der Waals surface area contributed by atoms with Gasteiger partial charge >= 0.3 is 0 Å². The van der Waals surface area contributed by atoms with Gasteiger partial charge in [-0.25, -0.2) is 5.01 Å². The molecule has 3 aliphatic rings. The van der Waals surface area contributed by atoms with Crippen LogP contribution >= 0.6 is 11.3 Å². The summed E-state index contributed by atoms with van der Waals surface area (Å²) in [7, 11) is 0. The van der Waals surface area contributed by atoms with Gasteiger partial charge in [-0.3, -0.25) is 0 Å². The van der Waals surface area contributed by atoms with E-state index >= 15 is 0 Å². The van der Waals surface area contributed by atoms with Gasteiger partial charge in [-0.05, 0) is 42.8 Å². The third kappa shape index (κ3) is 2.59. The molecule has 6 rings (SSSR count). The Morgan fingerprint density at radius 3 is 2.37 bits per heavy atom. The maximum Gasteiger partial charge on any atom is 0.165 e. The van der Waals surface area contributed by atoms with Crippen molar-refractivity contribution >= 4 is 22.9 Å². The molecule has 1 unspecified atom stereocenters. The minimum atomic E-state index is -0.208. The maximum absolute atomic E-state index is 5.38. The van der Waals surface area contributed by atoms with Crippen LogP contribution in [0.3, 0.4) is 0 Å². The molecule has 3 heterocycles. The molecule has 30 heavy (non-hydrogen) atoms. The lowest BCUT2D eigenvalue weighted by molar-refractivity contribution is 0.0694. The van der Waals surface area contributed by atoms with E-state index in [-0.39, 0.29) is 5.66 Å². The highest BCUT2D eigenvalue weighted by Gasteiger charge is 2.58. The highest BCUT2D eigenvalue weighted by atomic mass is 32.1. The van der Waals surface area contributed by atoms with Gasteiger partial charge in [0.15, 0.2) is 11.5 Å². The first-order valence-electron chi connectivity index (χ1n) is 11.2. The number of amidine groups is 1. The van der Waals surface area contributed by atoms with Crippen molar-refractivity contribution in [3.8, 4) is 0 Å². The summed E-state index contributed by atoms with van der Waals surface area (Å²) in [6, 6.07) is 24.0. The molecular weight excluding hydrogens is 386 g/mol. The molecule has 0 radical (unpaired) electrons. The Hall–Kier alpha value is -2.59. The van der Waals surface area contributed by atoms with E-state index in [0.29, 0.717) is 5.92 Å². The van der Waals surface area contributed by atoms with Crippen molar-refractivity contribution in [1.82, 2.24) is 4.90 Å². The summed E-state index contributed by atoms with van der Waals surface area (Å²) >= 11 is 1.93. The van der Waals surface area contributed by atoms with Gasteiger partial charge in [0.2, 0.25) is 0 Å². The number of hydrogen-bond acceptors (Lipinski definition) is 4. The number of thiophene rings is 1. The van der Waals surface area contributed by atoms with Gasteiger partial charge in [0.05, 0.1) is 5.69 Å². The molecule has 2 aromatic carbocycles. The molecule has 152 valence electrons. The molecule has 4 heteroatoms. The minimum absolute atomic E-state index is 0.208. The summed E-state index contributed by atoms with van der Waals surface area (Å²) in [4.78, 5) is 4.20. The molecule has 3 aromatic rings. The second kappa shape index (κ2) is 7.28. The van der Waals surface area contributed by atoms with Crippen LogP contribution in [0.1, 0.15) is 48.1 Å². The summed E-state index contributed by atoms with van der Waals surface area (Å²) < 4.78 is 0. The van der Waals surface area contributed by atoms with Gasteiger partial charge in [0.25, 0.3) is 0 Å². The first-order chi connectivity index (χ1) is 14.9. The number of rotatable bonds is 3. The Bertz CT molecular complexity index is 1050. The predicted molar refractivity (Wildman–Crippen MR) is 125 cm³/mol. The SMILES string of the molecule is c1ccc(C2=NN(c3ccccc3)C3(C4CCCCC4)c4ccsc4CCN23)cc1. The molecular formula is C26H27N3S. The van der Waals surface area contributed by atoms with E-state index in [1.165, 1.54) is 48.9 Å². The Kier molecular flexibility index (Phi) is 4.41. The fraction of sp³-hybridized carbons (Fsp3) is 0.346. The van der Waals surface area contributed by atoms with E-state index in [4.69, 9.17) is 5.10 Å². The molecule has 0 N–H and O–H groups in total. The van der Waals surface area contributed by atoms with E-state index in [9.17, 15) is 0 Å². The van der Waals surface area contributed by atoms with E-state index < -0.39 is 0 Å². The van der Waals surface area contributed by atoms with E-state index in [0.717, 1.165) is 18.8 Å². The summed E-state index contributed by atoms with van der Waals surface area (Å²) in [5.41, 5.74) is 3.69. The Labute approximate surface area is 182 Å². The highest BCUT2D eigenvalue weighted by Crippen LogP contribution is 2.54. The van der Waals surface area contributed by atoms with E-state index in [1.807, 2.05) is 11.3 Å². The van der Waals surface area contributed by atoms with Crippen molar-refractivity contribution in [2.24, 2.45) is 11.0 Å².